The predicted octanol–water partition coefficient (Wildman–Crippen LogP) is 4.02. The monoisotopic (exact) mass is 327 g/mol. The zero-order valence-electron chi connectivity index (χ0n) is 13.8. The van der Waals surface area contributed by atoms with Crippen LogP contribution in [0.4, 0.5) is 5.69 Å². The van der Waals surface area contributed by atoms with Crippen LogP contribution in [0.2, 0.25) is 0 Å². The first-order valence-electron chi connectivity index (χ1n) is 7.32. The fraction of sp³-hybridized carbons (Fsp3) is 0.222. The highest BCUT2D eigenvalue weighted by molar-refractivity contribution is 7.80. The van der Waals surface area contributed by atoms with Crippen molar-refractivity contribution in [3.05, 3.63) is 59.2 Å². The summed E-state index contributed by atoms with van der Waals surface area (Å²) in [7, 11) is 1.65. The molecule has 0 atom stereocenters. The fourth-order valence-electron chi connectivity index (χ4n) is 2.15. The maximum Gasteiger partial charge on any atom is 0.191 e. The van der Waals surface area contributed by atoms with Crippen LogP contribution in [0.25, 0.3) is 0 Å². The number of hydrogen-bond donors (Lipinski definition) is 2. The number of hydrogen-bond acceptors (Lipinski definition) is 3. The Morgan fingerprint density at radius 2 is 1.91 bits per heavy atom. The van der Waals surface area contributed by atoms with Gasteiger partial charge in [0, 0.05) is 11.3 Å². The molecule has 120 valence electrons. The summed E-state index contributed by atoms with van der Waals surface area (Å²) in [5, 5.41) is 7.93. The molecule has 0 aromatic heterocycles. The molecule has 0 aliphatic heterocycles. The molecule has 0 fully saturated rings. The lowest BCUT2D eigenvalue weighted by molar-refractivity contribution is 0.414. The van der Waals surface area contributed by atoms with Crippen molar-refractivity contribution in [1.29, 1.82) is 0 Å². The minimum atomic E-state index is 0.458. The van der Waals surface area contributed by atoms with Crippen molar-refractivity contribution in [1.82, 2.24) is 5.43 Å². The second-order valence-electron chi connectivity index (χ2n) is 5.31. The summed E-state index contributed by atoms with van der Waals surface area (Å²) in [5.74, 6) is 0.799. The third-order valence-electron chi connectivity index (χ3n) is 3.44. The molecule has 0 amide bonds. The van der Waals surface area contributed by atoms with Gasteiger partial charge in [0.15, 0.2) is 5.11 Å². The van der Waals surface area contributed by atoms with Gasteiger partial charge in [0.1, 0.15) is 5.75 Å². The number of hydrazone groups is 1. The second-order valence-corrected chi connectivity index (χ2v) is 5.72. The van der Waals surface area contributed by atoms with Gasteiger partial charge in [0.25, 0.3) is 0 Å². The first kappa shape index (κ1) is 17.0. The molecule has 0 spiro atoms. The van der Waals surface area contributed by atoms with Crippen LogP contribution in [-0.2, 0) is 0 Å². The zero-order valence-corrected chi connectivity index (χ0v) is 14.6. The van der Waals surface area contributed by atoms with Crippen molar-refractivity contribution < 1.29 is 4.74 Å². The molecule has 2 aromatic carbocycles. The van der Waals surface area contributed by atoms with E-state index in [0.29, 0.717) is 5.11 Å². The average molecular weight is 327 g/mol. The van der Waals surface area contributed by atoms with Gasteiger partial charge in [0.2, 0.25) is 0 Å². The normalized spacial score (nSPS) is 11.0. The van der Waals surface area contributed by atoms with Crippen LogP contribution in [0.5, 0.6) is 5.75 Å². The van der Waals surface area contributed by atoms with E-state index in [4.69, 9.17) is 17.0 Å². The van der Waals surface area contributed by atoms with Crippen LogP contribution in [-0.4, -0.2) is 17.9 Å². The molecule has 0 radical (unpaired) electrons. The summed E-state index contributed by atoms with van der Waals surface area (Å²) < 4.78 is 5.22. The third-order valence-corrected chi connectivity index (χ3v) is 3.64. The van der Waals surface area contributed by atoms with Crippen LogP contribution >= 0.6 is 12.2 Å². The summed E-state index contributed by atoms with van der Waals surface area (Å²) >= 11 is 5.29. The number of aryl methyl sites for hydroxylation is 2. The number of thiocarbonyl (C=S) groups is 1. The average Bonchev–Trinajstić information content (AvgIpc) is 2.55. The van der Waals surface area contributed by atoms with E-state index < -0.39 is 0 Å². The minimum Gasteiger partial charge on any atom is -0.497 e. The lowest BCUT2D eigenvalue weighted by Crippen LogP contribution is -2.25. The van der Waals surface area contributed by atoms with Crippen molar-refractivity contribution in [3.63, 3.8) is 0 Å². The summed E-state index contributed by atoms with van der Waals surface area (Å²) in [5.41, 5.74) is 8.02. The van der Waals surface area contributed by atoms with Crippen molar-refractivity contribution in [2.45, 2.75) is 20.8 Å². The molecule has 4 nitrogen and oxygen atoms in total. The maximum absolute atomic E-state index is 5.29. The molecule has 2 rings (SSSR count). The highest BCUT2D eigenvalue weighted by Crippen LogP contribution is 2.16. The lowest BCUT2D eigenvalue weighted by atomic mass is 10.1. The summed E-state index contributed by atoms with van der Waals surface area (Å²) in [6, 6.07) is 13.9. The van der Waals surface area contributed by atoms with Gasteiger partial charge in [-0.25, -0.2) is 0 Å². The Hall–Kier alpha value is -2.40. The molecule has 0 bridgehead atoms. The van der Waals surface area contributed by atoms with Gasteiger partial charge < -0.3 is 10.1 Å². The van der Waals surface area contributed by atoms with Crippen molar-refractivity contribution >= 4 is 28.7 Å². The predicted molar refractivity (Wildman–Crippen MR) is 100 cm³/mol. The Morgan fingerprint density at radius 1 is 1.13 bits per heavy atom. The Bertz CT molecular complexity index is 741. The molecule has 2 aromatic rings. The van der Waals surface area contributed by atoms with Crippen molar-refractivity contribution in [2.24, 2.45) is 5.10 Å². The van der Waals surface area contributed by atoms with Crippen LogP contribution < -0.4 is 15.5 Å². The molecule has 0 saturated carbocycles. The van der Waals surface area contributed by atoms with Crippen molar-refractivity contribution in [2.75, 3.05) is 12.4 Å². The maximum atomic E-state index is 5.29. The molecule has 23 heavy (non-hydrogen) atoms. The fourth-order valence-corrected chi connectivity index (χ4v) is 2.31. The van der Waals surface area contributed by atoms with Crippen LogP contribution in [0.1, 0.15) is 23.6 Å². The molecule has 0 heterocycles. The number of nitrogens with one attached hydrogen (secondary N) is 2. The molecular formula is C18H21N3OS. The van der Waals surface area contributed by atoms with E-state index in [2.05, 4.69) is 28.8 Å². The molecular weight excluding hydrogens is 306 g/mol. The highest BCUT2D eigenvalue weighted by Gasteiger charge is 2.02. The van der Waals surface area contributed by atoms with E-state index in [0.717, 1.165) is 28.3 Å². The molecule has 0 aliphatic rings. The van der Waals surface area contributed by atoms with Crippen molar-refractivity contribution in [3.8, 4) is 5.75 Å². The largest absolute Gasteiger partial charge is 0.497 e. The van der Waals surface area contributed by atoms with Gasteiger partial charge >= 0.3 is 0 Å². The van der Waals surface area contributed by atoms with Gasteiger partial charge in [-0.3, -0.25) is 5.43 Å². The van der Waals surface area contributed by atoms with Gasteiger partial charge in [0.05, 0.1) is 12.8 Å². The third kappa shape index (κ3) is 4.79. The number of nitrogens with zero attached hydrogens (tertiary/aromatic N) is 1. The number of ether oxygens (including phenoxy) is 1. The van der Waals surface area contributed by atoms with Gasteiger partial charge in [-0.1, -0.05) is 29.8 Å². The van der Waals surface area contributed by atoms with Crippen LogP contribution in [0, 0.1) is 13.8 Å². The Kier molecular flexibility index (Phi) is 5.71. The second kappa shape index (κ2) is 7.74. The number of rotatable bonds is 4. The van der Waals surface area contributed by atoms with E-state index in [1.807, 2.05) is 50.2 Å². The SMILES string of the molecule is COc1cccc(C(C)=NNC(=S)Nc2ccc(C)cc2C)c1. The van der Waals surface area contributed by atoms with E-state index in [1.54, 1.807) is 7.11 Å². The van der Waals surface area contributed by atoms with Crippen LogP contribution in [0.15, 0.2) is 47.6 Å². The summed E-state index contributed by atoms with van der Waals surface area (Å²) in [4.78, 5) is 0. The first-order valence-corrected chi connectivity index (χ1v) is 7.73. The van der Waals surface area contributed by atoms with Crippen LogP contribution in [0.3, 0.4) is 0 Å². The summed E-state index contributed by atoms with van der Waals surface area (Å²) in [6.07, 6.45) is 0. The van der Waals surface area contributed by atoms with Gasteiger partial charge in [-0.2, -0.15) is 5.10 Å². The molecule has 2 N–H and O–H groups in total. The lowest BCUT2D eigenvalue weighted by Gasteiger charge is -2.11. The minimum absolute atomic E-state index is 0.458. The zero-order chi connectivity index (χ0) is 16.8. The number of methoxy groups -OCH3 is 1. The quantitative estimate of drug-likeness (QED) is 0.506. The molecule has 5 heteroatoms. The van der Waals surface area contributed by atoms with E-state index in [1.165, 1.54) is 5.56 Å². The van der Waals surface area contributed by atoms with E-state index in [9.17, 15) is 0 Å². The van der Waals surface area contributed by atoms with Gasteiger partial charge in [-0.05, 0) is 56.8 Å². The van der Waals surface area contributed by atoms with Gasteiger partial charge in [-0.15, -0.1) is 0 Å². The molecule has 0 saturated heterocycles. The van der Waals surface area contributed by atoms with E-state index in [-0.39, 0.29) is 0 Å². The Balaban J connectivity index is 2.02. The number of anilines is 1. The molecule has 0 aliphatic carbocycles. The van der Waals surface area contributed by atoms with E-state index >= 15 is 0 Å². The topological polar surface area (TPSA) is 45.6 Å². The Morgan fingerprint density at radius 3 is 2.61 bits per heavy atom. The molecule has 0 unspecified atom stereocenters. The Labute approximate surface area is 142 Å². The standard InChI is InChI=1S/C18H21N3OS/c1-12-8-9-17(13(2)10-12)19-18(23)21-20-14(3)15-6-5-7-16(11-15)22-4/h5-11H,1-4H3,(H2,19,21,23). The summed E-state index contributed by atoms with van der Waals surface area (Å²) in [6.45, 7) is 6.03. The highest BCUT2D eigenvalue weighted by atomic mass is 32.1. The number of benzene rings is 2. The first-order chi connectivity index (χ1) is 11.0. The smallest absolute Gasteiger partial charge is 0.191 e.